The van der Waals surface area contributed by atoms with Crippen LogP contribution < -0.4 is 10.6 Å². The number of nitrogens with zero attached hydrogens (tertiary/aromatic N) is 4. The number of fused-ring (bicyclic) bond motifs is 2. The quantitative estimate of drug-likeness (QED) is 0.382. The molecular weight excluding hydrogens is 490 g/mol. The van der Waals surface area contributed by atoms with Crippen molar-refractivity contribution in [1.29, 1.82) is 0 Å². The number of hydrogen-bond acceptors (Lipinski definition) is 7. The number of hydrogen-bond donors (Lipinski definition) is 1. The Morgan fingerprint density at radius 1 is 1.00 bits per heavy atom. The van der Waals surface area contributed by atoms with E-state index in [1.807, 2.05) is 49.4 Å². The highest BCUT2D eigenvalue weighted by Gasteiger charge is 2.32. The zero-order chi connectivity index (χ0) is 25.9. The van der Waals surface area contributed by atoms with Crippen LogP contribution in [0.2, 0.25) is 0 Å². The van der Waals surface area contributed by atoms with Gasteiger partial charge in [-0.2, -0.15) is 5.10 Å². The minimum Gasteiger partial charge on any atom is -0.380 e. The number of carbonyl (C=O) groups excluding carboxylic acids is 1. The molecule has 6 rings (SSSR count). The number of amides is 1. The summed E-state index contributed by atoms with van der Waals surface area (Å²) >= 11 is 0. The third kappa shape index (κ3) is 3.77. The smallest absolute Gasteiger partial charge is 0.277 e. The molecule has 10 heteroatoms. The number of aromatic nitrogens is 3. The van der Waals surface area contributed by atoms with Crippen LogP contribution >= 0.6 is 0 Å². The Balaban J connectivity index is 1.37. The van der Waals surface area contributed by atoms with Crippen LogP contribution in [0.5, 0.6) is 0 Å². The minimum atomic E-state index is -3.39. The van der Waals surface area contributed by atoms with E-state index in [1.165, 1.54) is 6.26 Å². The number of rotatable bonds is 4. The molecule has 0 radical (unpaired) electrons. The van der Waals surface area contributed by atoms with Gasteiger partial charge in [-0.3, -0.25) is 4.79 Å². The summed E-state index contributed by atoms with van der Waals surface area (Å²) < 4.78 is 31.4. The maximum Gasteiger partial charge on any atom is 0.277 e. The first kappa shape index (κ1) is 23.0. The second-order valence-corrected chi connectivity index (χ2v) is 11.1. The number of carbonyl (C=O) groups is 1. The molecule has 0 spiro atoms. The minimum absolute atomic E-state index is 0.162. The van der Waals surface area contributed by atoms with Crippen LogP contribution in [0.1, 0.15) is 21.7 Å². The molecule has 1 aliphatic rings. The van der Waals surface area contributed by atoms with E-state index in [0.29, 0.717) is 40.9 Å². The van der Waals surface area contributed by atoms with Crippen LogP contribution in [0, 0.1) is 6.92 Å². The molecule has 3 aromatic carbocycles. The molecule has 0 atom stereocenters. The lowest BCUT2D eigenvalue weighted by Gasteiger charge is -2.28. The van der Waals surface area contributed by atoms with E-state index in [4.69, 9.17) is 10.3 Å². The van der Waals surface area contributed by atoms with Crippen molar-refractivity contribution in [3.8, 4) is 16.8 Å². The van der Waals surface area contributed by atoms with Crippen molar-refractivity contribution in [2.24, 2.45) is 0 Å². The first-order valence-corrected chi connectivity index (χ1v) is 13.6. The zero-order valence-electron chi connectivity index (χ0n) is 20.2. The summed E-state index contributed by atoms with van der Waals surface area (Å²) in [6.07, 6.45) is 1.85. The molecule has 2 aromatic heterocycles. The third-order valence-corrected chi connectivity index (χ3v) is 7.87. The molecule has 5 aromatic rings. The van der Waals surface area contributed by atoms with Crippen LogP contribution in [-0.2, 0) is 16.3 Å². The molecule has 0 fully saturated rings. The Bertz CT molecular complexity index is 1800. The van der Waals surface area contributed by atoms with Gasteiger partial charge in [0.15, 0.2) is 21.2 Å². The summed E-state index contributed by atoms with van der Waals surface area (Å²) in [6.45, 7) is 2.41. The van der Waals surface area contributed by atoms with E-state index in [-0.39, 0.29) is 16.6 Å². The van der Waals surface area contributed by atoms with Crippen molar-refractivity contribution >= 4 is 38.2 Å². The number of anilines is 2. The Kier molecular flexibility index (Phi) is 5.16. The Labute approximate surface area is 213 Å². The maximum absolute atomic E-state index is 13.8. The van der Waals surface area contributed by atoms with Crippen molar-refractivity contribution in [1.82, 2.24) is 14.9 Å². The van der Waals surface area contributed by atoms with Gasteiger partial charge in [-0.15, -0.1) is 0 Å². The van der Waals surface area contributed by atoms with Crippen molar-refractivity contribution < 1.29 is 17.7 Å². The number of aryl methyl sites for hydroxylation is 1. The lowest BCUT2D eigenvalue weighted by Crippen LogP contribution is -2.38. The number of nitrogens with two attached hydrogens (primary N) is 1. The number of sulfone groups is 1. The molecule has 37 heavy (non-hydrogen) atoms. The molecule has 0 saturated heterocycles. The maximum atomic E-state index is 13.8. The van der Waals surface area contributed by atoms with Crippen LogP contribution in [0.3, 0.4) is 0 Å². The molecular formula is C27H23N5O4S. The van der Waals surface area contributed by atoms with Gasteiger partial charge in [0.25, 0.3) is 5.91 Å². The SMILES string of the molecule is Cc1nn(-c2ccc3onc(N)c3c2)c2c1CCN(c1ccc(-c3ccccc3S(C)(=O)=O)cc1)C2=O. The Morgan fingerprint density at radius 3 is 2.49 bits per heavy atom. The van der Waals surface area contributed by atoms with E-state index in [0.717, 1.165) is 22.5 Å². The van der Waals surface area contributed by atoms with Gasteiger partial charge in [0.1, 0.15) is 5.69 Å². The van der Waals surface area contributed by atoms with Crippen LogP contribution in [0.15, 0.2) is 76.1 Å². The van der Waals surface area contributed by atoms with Gasteiger partial charge >= 0.3 is 0 Å². The second-order valence-electron chi connectivity index (χ2n) is 9.09. The fourth-order valence-corrected chi connectivity index (χ4v) is 5.80. The van der Waals surface area contributed by atoms with E-state index < -0.39 is 9.84 Å². The molecule has 0 aliphatic carbocycles. The first-order chi connectivity index (χ1) is 17.7. The fraction of sp³-hybridized carbons (Fsp3) is 0.148. The summed E-state index contributed by atoms with van der Waals surface area (Å²) in [5.74, 6) is 0.115. The summed E-state index contributed by atoms with van der Waals surface area (Å²) in [7, 11) is -3.39. The predicted molar refractivity (Wildman–Crippen MR) is 141 cm³/mol. The molecule has 0 unspecified atom stereocenters. The topological polar surface area (TPSA) is 124 Å². The van der Waals surface area contributed by atoms with Gasteiger partial charge in [0.05, 0.1) is 21.7 Å². The van der Waals surface area contributed by atoms with Crippen molar-refractivity contribution in [2.45, 2.75) is 18.2 Å². The molecule has 186 valence electrons. The molecule has 1 amide bonds. The first-order valence-electron chi connectivity index (χ1n) is 11.7. The molecule has 9 nitrogen and oxygen atoms in total. The van der Waals surface area contributed by atoms with E-state index in [9.17, 15) is 13.2 Å². The summed E-state index contributed by atoms with van der Waals surface area (Å²) in [6, 6.07) is 19.7. The highest BCUT2D eigenvalue weighted by atomic mass is 32.2. The number of benzene rings is 3. The Morgan fingerprint density at radius 2 is 1.73 bits per heavy atom. The van der Waals surface area contributed by atoms with E-state index in [2.05, 4.69) is 10.3 Å². The van der Waals surface area contributed by atoms with Crippen LogP contribution in [-0.4, -0.2) is 42.1 Å². The van der Waals surface area contributed by atoms with Gasteiger partial charge in [-0.05, 0) is 55.3 Å². The molecule has 0 saturated carbocycles. The molecule has 0 bridgehead atoms. The standard InChI is InChI=1S/C27H23N5O4S/c1-16-20-13-14-31(18-9-7-17(8-10-18)21-5-3-4-6-24(21)37(2,34)35)27(33)25(20)32(29-16)19-11-12-23-22(15-19)26(28)30-36-23/h3-12,15H,13-14H2,1-2H3,(H2,28,30). The van der Waals surface area contributed by atoms with Gasteiger partial charge in [0, 0.05) is 29.6 Å². The van der Waals surface area contributed by atoms with E-state index in [1.54, 1.807) is 33.8 Å². The van der Waals surface area contributed by atoms with Crippen LogP contribution in [0.25, 0.3) is 27.8 Å². The predicted octanol–water partition coefficient (Wildman–Crippen LogP) is 4.18. The van der Waals surface area contributed by atoms with Crippen molar-refractivity contribution in [3.05, 3.63) is 83.7 Å². The van der Waals surface area contributed by atoms with Crippen molar-refractivity contribution in [3.63, 3.8) is 0 Å². The summed E-state index contributed by atoms with van der Waals surface area (Å²) in [4.78, 5) is 15.8. The highest BCUT2D eigenvalue weighted by Crippen LogP contribution is 2.33. The monoisotopic (exact) mass is 513 g/mol. The van der Waals surface area contributed by atoms with Crippen molar-refractivity contribution in [2.75, 3.05) is 23.4 Å². The largest absolute Gasteiger partial charge is 0.380 e. The van der Waals surface area contributed by atoms with Gasteiger partial charge in [-0.1, -0.05) is 35.5 Å². The number of nitrogen functional groups attached to an aromatic ring is 1. The summed E-state index contributed by atoms with van der Waals surface area (Å²) in [5.41, 5.74) is 11.5. The summed E-state index contributed by atoms with van der Waals surface area (Å²) in [5, 5.41) is 9.13. The zero-order valence-corrected chi connectivity index (χ0v) is 21.0. The molecule has 2 N–H and O–H groups in total. The normalized spacial score (nSPS) is 13.8. The highest BCUT2D eigenvalue weighted by molar-refractivity contribution is 7.90. The molecule has 3 heterocycles. The fourth-order valence-electron chi connectivity index (χ4n) is 4.89. The Hall–Kier alpha value is -4.44. The second kappa shape index (κ2) is 8.31. The lowest BCUT2D eigenvalue weighted by molar-refractivity contribution is 0.0973. The molecule has 1 aliphatic heterocycles. The lowest BCUT2D eigenvalue weighted by atomic mass is 10.0. The average molecular weight is 514 g/mol. The van der Waals surface area contributed by atoms with Crippen LogP contribution in [0.4, 0.5) is 11.5 Å². The van der Waals surface area contributed by atoms with Gasteiger partial charge in [0.2, 0.25) is 0 Å². The van der Waals surface area contributed by atoms with Gasteiger partial charge in [-0.25, -0.2) is 13.1 Å². The average Bonchev–Trinajstić information content (AvgIpc) is 3.43. The van der Waals surface area contributed by atoms with E-state index >= 15 is 0 Å². The van der Waals surface area contributed by atoms with Gasteiger partial charge < -0.3 is 15.2 Å². The third-order valence-electron chi connectivity index (χ3n) is 6.72.